The molecule has 0 saturated carbocycles. The highest BCUT2D eigenvalue weighted by molar-refractivity contribution is 7.12. The molecule has 1 aliphatic rings. The van der Waals surface area contributed by atoms with Gasteiger partial charge in [0.15, 0.2) is 0 Å². The largest absolute Gasteiger partial charge is 0.320 e. The molecule has 0 spiro atoms. The first kappa shape index (κ1) is 15.5. The third-order valence-corrected chi connectivity index (χ3v) is 5.30. The van der Waals surface area contributed by atoms with Gasteiger partial charge in [-0.1, -0.05) is 27.7 Å². The van der Waals surface area contributed by atoms with Crippen LogP contribution in [0.4, 0.5) is 0 Å². The molecule has 1 aromatic heterocycles. The maximum Gasteiger partial charge on any atom is 0.241 e. The number of rotatable bonds is 5. The van der Waals surface area contributed by atoms with Gasteiger partial charge in [0.05, 0.1) is 6.04 Å². The highest BCUT2D eigenvalue weighted by Crippen LogP contribution is 2.34. The van der Waals surface area contributed by atoms with E-state index in [9.17, 15) is 4.79 Å². The number of carbonyl (C=O) groups excluding carboxylic acids is 1. The van der Waals surface area contributed by atoms with Crippen molar-refractivity contribution in [2.75, 3.05) is 6.54 Å². The van der Waals surface area contributed by atoms with Crippen molar-refractivity contribution in [2.45, 2.75) is 59.7 Å². The van der Waals surface area contributed by atoms with Crippen molar-refractivity contribution in [3.8, 4) is 0 Å². The molecular formula is C16H26N2OS. The highest BCUT2D eigenvalue weighted by atomic mass is 32.1. The van der Waals surface area contributed by atoms with Gasteiger partial charge in [0.1, 0.15) is 6.17 Å². The SMILES string of the molecule is CCC1NC(c2ccc(C)s2)N(CC(C)(C)CC)C1=O. The van der Waals surface area contributed by atoms with Crippen molar-refractivity contribution < 1.29 is 4.79 Å². The Balaban J connectivity index is 2.26. The number of carbonyl (C=O) groups is 1. The Hall–Kier alpha value is -0.870. The Morgan fingerprint density at radius 3 is 2.55 bits per heavy atom. The molecule has 2 heterocycles. The maximum absolute atomic E-state index is 12.6. The molecule has 1 fully saturated rings. The second-order valence-corrected chi connectivity index (χ2v) is 7.78. The molecule has 0 bridgehead atoms. The first-order valence-electron chi connectivity index (χ1n) is 7.51. The molecule has 2 unspecified atom stereocenters. The van der Waals surface area contributed by atoms with Crippen LogP contribution in [0.1, 0.15) is 56.5 Å². The van der Waals surface area contributed by atoms with Crippen molar-refractivity contribution >= 4 is 17.2 Å². The quantitative estimate of drug-likeness (QED) is 0.898. The zero-order chi connectivity index (χ0) is 14.9. The summed E-state index contributed by atoms with van der Waals surface area (Å²) in [5.41, 5.74) is 0.157. The minimum absolute atomic E-state index is 0.0323. The van der Waals surface area contributed by atoms with Gasteiger partial charge in [-0.2, -0.15) is 0 Å². The molecule has 1 aromatic rings. The normalized spacial score (nSPS) is 23.6. The predicted molar refractivity (Wildman–Crippen MR) is 84.8 cm³/mol. The molecule has 0 aromatic carbocycles. The van der Waals surface area contributed by atoms with Gasteiger partial charge in [0.2, 0.25) is 5.91 Å². The smallest absolute Gasteiger partial charge is 0.241 e. The summed E-state index contributed by atoms with van der Waals surface area (Å²) in [5, 5.41) is 3.50. The van der Waals surface area contributed by atoms with Crippen LogP contribution in [0.2, 0.25) is 0 Å². The number of hydrogen-bond acceptors (Lipinski definition) is 3. The molecule has 3 nitrogen and oxygen atoms in total. The van der Waals surface area contributed by atoms with Crippen molar-refractivity contribution in [3.63, 3.8) is 0 Å². The van der Waals surface area contributed by atoms with E-state index in [1.165, 1.54) is 9.75 Å². The molecule has 1 saturated heterocycles. The molecule has 1 N–H and O–H groups in total. The Labute approximate surface area is 126 Å². The summed E-state index contributed by atoms with van der Waals surface area (Å²) in [6, 6.07) is 4.25. The summed E-state index contributed by atoms with van der Waals surface area (Å²) in [6.07, 6.45) is 1.98. The summed E-state index contributed by atoms with van der Waals surface area (Å²) < 4.78 is 0. The van der Waals surface area contributed by atoms with Crippen LogP contribution in [0.15, 0.2) is 12.1 Å². The second-order valence-electron chi connectivity index (χ2n) is 6.46. The number of nitrogens with zero attached hydrogens (tertiary/aromatic N) is 1. The molecule has 1 amide bonds. The first-order valence-corrected chi connectivity index (χ1v) is 8.32. The third kappa shape index (κ3) is 3.07. The summed E-state index contributed by atoms with van der Waals surface area (Å²) in [4.78, 5) is 17.2. The molecular weight excluding hydrogens is 268 g/mol. The first-order chi connectivity index (χ1) is 9.38. The number of aryl methyl sites for hydroxylation is 1. The predicted octanol–water partition coefficient (Wildman–Crippen LogP) is 3.70. The molecule has 0 radical (unpaired) electrons. The molecule has 1 aliphatic heterocycles. The van der Waals surface area contributed by atoms with Gasteiger partial charge < -0.3 is 4.90 Å². The summed E-state index contributed by atoms with van der Waals surface area (Å²) >= 11 is 1.78. The van der Waals surface area contributed by atoms with Gasteiger partial charge in [-0.3, -0.25) is 10.1 Å². The molecule has 2 rings (SSSR count). The van der Waals surface area contributed by atoms with E-state index in [4.69, 9.17) is 0 Å². The van der Waals surface area contributed by atoms with E-state index >= 15 is 0 Å². The van der Waals surface area contributed by atoms with Gasteiger partial charge >= 0.3 is 0 Å². The van der Waals surface area contributed by atoms with E-state index in [1.54, 1.807) is 11.3 Å². The van der Waals surface area contributed by atoms with E-state index < -0.39 is 0 Å². The van der Waals surface area contributed by atoms with E-state index in [-0.39, 0.29) is 23.5 Å². The fourth-order valence-electron chi connectivity index (χ4n) is 2.55. The fourth-order valence-corrected chi connectivity index (χ4v) is 3.50. The zero-order valence-electron chi connectivity index (χ0n) is 13.2. The number of hydrogen-bond donors (Lipinski definition) is 1. The van der Waals surface area contributed by atoms with Crippen LogP contribution in [0.5, 0.6) is 0 Å². The zero-order valence-corrected chi connectivity index (χ0v) is 14.0. The fraction of sp³-hybridized carbons (Fsp3) is 0.688. The van der Waals surface area contributed by atoms with E-state index in [0.717, 1.165) is 19.4 Å². The molecule has 0 aliphatic carbocycles. The summed E-state index contributed by atoms with van der Waals surface area (Å²) in [5.74, 6) is 0.255. The average Bonchev–Trinajstić information content (AvgIpc) is 2.95. The van der Waals surface area contributed by atoms with Crippen LogP contribution in [0.25, 0.3) is 0 Å². The number of thiophene rings is 1. The Morgan fingerprint density at radius 2 is 2.05 bits per heavy atom. The van der Waals surface area contributed by atoms with Crippen LogP contribution < -0.4 is 5.32 Å². The molecule has 4 heteroatoms. The highest BCUT2D eigenvalue weighted by Gasteiger charge is 2.41. The lowest BCUT2D eigenvalue weighted by atomic mass is 9.89. The summed E-state index contributed by atoms with van der Waals surface area (Å²) in [7, 11) is 0. The van der Waals surface area contributed by atoms with Crippen LogP contribution in [-0.2, 0) is 4.79 Å². The monoisotopic (exact) mass is 294 g/mol. The second kappa shape index (κ2) is 5.86. The van der Waals surface area contributed by atoms with Crippen molar-refractivity contribution in [1.82, 2.24) is 10.2 Å². The van der Waals surface area contributed by atoms with Crippen LogP contribution in [0, 0.1) is 12.3 Å². The van der Waals surface area contributed by atoms with Gasteiger partial charge in [0.25, 0.3) is 0 Å². The topological polar surface area (TPSA) is 32.3 Å². The minimum Gasteiger partial charge on any atom is -0.320 e. The van der Waals surface area contributed by atoms with E-state index in [0.29, 0.717) is 0 Å². The summed E-state index contributed by atoms with van der Waals surface area (Å²) in [6.45, 7) is 11.7. The van der Waals surface area contributed by atoms with Crippen molar-refractivity contribution in [3.05, 3.63) is 21.9 Å². The Bertz CT molecular complexity index is 481. The lowest BCUT2D eigenvalue weighted by molar-refractivity contribution is -0.131. The van der Waals surface area contributed by atoms with Gasteiger partial charge in [-0.25, -0.2) is 0 Å². The average molecular weight is 294 g/mol. The third-order valence-electron chi connectivity index (χ3n) is 4.25. The van der Waals surface area contributed by atoms with Gasteiger partial charge in [0, 0.05) is 16.3 Å². The lowest BCUT2D eigenvalue weighted by Gasteiger charge is -2.32. The van der Waals surface area contributed by atoms with Gasteiger partial charge in [-0.15, -0.1) is 11.3 Å². The Kier molecular flexibility index (Phi) is 4.55. The Morgan fingerprint density at radius 1 is 1.35 bits per heavy atom. The van der Waals surface area contributed by atoms with Gasteiger partial charge in [-0.05, 0) is 37.3 Å². The van der Waals surface area contributed by atoms with Crippen LogP contribution in [-0.4, -0.2) is 23.4 Å². The van der Waals surface area contributed by atoms with Crippen molar-refractivity contribution in [2.24, 2.45) is 5.41 Å². The molecule has 20 heavy (non-hydrogen) atoms. The minimum atomic E-state index is -0.0323. The lowest BCUT2D eigenvalue weighted by Crippen LogP contribution is -2.38. The molecule has 2 atom stereocenters. The van der Waals surface area contributed by atoms with E-state index in [1.807, 2.05) is 4.90 Å². The van der Waals surface area contributed by atoms with Crippen LogP contribution in [0.3, 0.4) is 0 Å². The van der Waals surface area contributed by atoms with E-state index in [2.05, 4.69) is 52.1 Å². The number of nitrogens with one attached hydrogen (secondary N) is 1. The maximum atomic E-state index is 12.6. The number of amides is 1. The van der Waals surface area contributed by atoms with Crippen molar-refractivity contribution in [1.29, 1.82) is 0 Å². The standard InChI is InChI=1S/C16H26N2OS/c1-6-12-15(19)18(10-16(4,5)7-2)14(17-12)13-9-8-11(3)20-13/h8-9,12,14,17H,6-7,10H2,1-5H3. The molecule has 112 valence electrons. The van der Waals surface area contributed by atoms with Crippen LogP contribution >= 0.6 is 11.3 Å².